The van der Waals surface area contributed by atoms with E-state index in [1.165, 1.54) is 16.7 Å². The van der Waals surface area contributed by atoms with Crippen LogP contribution in [0.1, 0.15) is 42.4 Å². The van der Waals surface area contributed by atoms with Gasteiger partial charge in [-0.2, -0.15) is 0 Å². The van der Waals surface area contributed by atoms with E-state index in [1.54, 1.807) is 0 Å². The lowest BCUT2D eigenvalue weighted by molar-refractivity contribution is -0.0481. The second kappa shape index (κ2) is 5.58. The fraction of sp³-hybridized carbons (Fsp3) is 0.625. The highest BCUT2D eigenvalue weighted by Gasteiger charge is 2.36. The van der Waals surface area contributed by atoms with Gasteiger partial charge < -0.3 is 5.73 Å². The first kappa shape index (κ1) is 14.4. The van der Waals surface area contributed by atoms with Gasteiger partial charge in [-0.1, -0.05) is 18.2 Å². The van der Waals surface area contributed by atoms with E-state index >= 15 is 0 Å². The molecule has 0 aromatic heterocycles. The van der Waals surface area contributed by atoms with Crippen LogP contribution in [0.3, 0.4) is 0 Å². The highest BCUT2D eigenvalue weighted by Crippen LogP contribution is 2.37. The molecule has 0 amide bonds. The molecular formula is C16H23F2N. The summed E-state index contributed by atoms with van der Waals surface area (Å²) in [4.78, 5) is 0. The number of hydrogen-bond donors (Lipinski definition) is 1. The minimum atomic E-state index is -2.46. The van der Waals surface area contributed by atoms with Crippen molar-refractivity contribution in [1.29, 1.82) is 0 Å². The van der Waals surface area contributed by atoms with E-state index in [4.69, 9.17) is 5.73 Å². The molecule has 1 aromatic rings. The van der Waals surface area contributed by atoms with E-state index in [-0.39, 0.29) is 24.8 Å². The predicted octanol–water partition coefficient (Wildman–Crippen LogP) is 4.00. The van der Waals surface area contributed by atoms with Crippen molar-refractivity contribution in [3.8, 4) is 0 Å². The SMILES string of the molecule is Cc1ccc(CC(N)C2CCC(F)(F)CC2)cc1C. The largest absolute Gasteiger partial charge is 0.327 e. The van der Waals surface area contributed by atoms with Crippen molar-refractivity contribution in [2.24, 2.45) is 11.7 Å². The summed E-state index contributed by atoms with van der Waals surface area (Å²) >= 11 is 0. The number of nitrogens with two attached hydrogens (primary N) is 1. The molecule has 0 saturated heterocycles. The molecule has 106 valence electrons. The molecule has 0 bridgehead atoms. The normalized spacial score (nSPS) is 21.3. The quantitative estimate of drug-likeness (QED) is 0.880. The monoisotopic (exact) mass is 267 g/mol. The Bertz CT molecular complexity index is 432. The maximum absolute atomic E-state index is 13.1. The highest BCUT2D eigenvalue weighted by atomic mass is 19.3. The molecule has 0 spiro atoms. The zero-order valence-corrected chi connectivity index (χ0v) is 11.8. The van der Waals surface area contributed by atoms with Gasteiger partial charge in [-0.25, -0.2) is 8.78 Å². The van der Waals surface area contributed by atoms with E-state index in [0.29, 0.717) is 12.8 Å². The average Bonchev–Trinajstić information content (AvgIpc) is 2.33. The van der Waals surface area contributed by atoms with Gasteiger partial charge in [-0.05, 0) is 55.7 Å². The fourth-order valence-corrected chi connectivity index (χ4v) is 2.86. The van der Waals surface area contributed by atoms with Gasteiger partial charge >= 0.3 is 0 Å². The first-order valence-electron chi connectivity index (χ1n) is 7.07. The van der Waals surface area contributed by atoms with Gasteiger partial charge in [0, 0.05) is 18.9 Å². The van der Waals surface area contributed by atoms with Crippen LogP contribution in [0.5, 0.6) is 0 Å². The van der Waals surface area contributed by atoms with E-state index < -0.39 is 5.92 Å². The summed E-state index contributed by atoms with van der Waals surface area (Å²) in [6.45, 7) is 4.17. The molecule has 1 aliphatic rings. The lowest BCUT2D eigenvalue weighted by Crippen LogP contribution is -2.37. The third kappa shape index (κ3) is 3.75. The summed E-state index contributed by atoms with van der Waals surface area (Å²) in [7, 11) is 0. The molecule has 0 aliphatic heterocycles. The lowest BCUT2D eigenvalue weighted by atomic mass is 9.80. The Kier molecular flexibility index (Phi) is 4.24. The van der Waals surface area contributed by atoms with Crippen molar-refractivity contribution in [2.45, 2.75) is 57.9 Å². The topological polar surface area (TPSA) is 26.0 Å². The summed E-state index contributed by atoms with van der Waals surface area (Å²) in [5, 5.41) is 0. The number of hydrogen-bond acceptors (Lipinski definition) is 1. The van der Waals surface area contributed by atoms with Crippen molar-refractivity contribution in [3.05, 3.63) is 34.9 Å². The Morgan fingerprint density at radius 3 is 2.42 bits per heavy atom. The van der Waals surface area contributed by atoms with Crippen LogP contribution in [0, 0.1) is 19.8 Å². The Morgan fingerprint density at radius 1 is 1.21 bits per heavy atom. The fourth-order valence-electron chi connectivity index (χ4n) is 2.86. The molecule has 0 heterocycles. The van der Waals surface area contributed by atoms with Gasteiger partial charge in [0.05, 0.1) is 0 Å². The van der Waals surface area contributed by atoms with Gasteiger partial charge in [0.2, 0.25) is 5.92 Å². The molecule has 3 heteroatoms. The summed E-state index contributed by atoms with van der Waals surface area (Å²) in [6, 6.07) is 6.36. The van der Waals surface area contributed by atoms with Crippen LogP contribution in [-0.4, -0.2) is 12.0 Å². The first-order chi connectivity index (χ1) is 8.87. The molecule has 1 aliphatic carbocycles. The molecule has 1 fully saturated rings. The van der Waals surface area contributed by atoms with E-state index in [0.717, 1.165) is 6.42 Å². The molecule has 2 N–H and O–H groups in total. The van der Waals surface area contributed by atoms with Gasteiger partial charge in [0.25, 0.3) is 0 Å². The smallest absolute Gasteiger partial charge is 0.248 e. The Hall–Kier alpha value is -0.960. The third-order valence-electron chi connectivity index (χ3n) is 4.41. The van der Waals surface area contributed by atoms with Crippen molar-refractivity contribution in [1.82, 2.24) is 0 Å². The predicted molar refractivity (Wildman–Crippen MR) is 74.5 cm³/mol. The maximum Gasteiger partial charge on any atom is 0.248 e. The zero-order chi connectivity index (χ0) is 14.0. The van der Waals surface area contributed by atoms with Crippen LogP contribution < -0.4 is 5.73 Å². The molecule has 1 aromatic carbocycles. The summed E-state index contributed by atoms with van der Waals surface area (Å²) < 4.78 is 26.2. The third-order valence-corrected chi connectivity index (χ3v) is 4.41. The number of benzene rings is 1. The average molecular weight is 267 g/mol. The van der Waals surface area contributed by atoms with E-state index in [1.807, 2.05) is 0 Å². The van der Waals surface area contributed by atoms with Crippen LogP contribution >= 0.6 is 0 Å². The van der Waals surface area contributed by atoms with Crippen LogP contribution in [0.15, 0.2) is 18.2 Å². The number of rotatable bonds is 3. The van der Waals surface area contributed by atoms with Gasteiger partial charge in [0.1, 0.15) is 0 Å². The maximum atomic E-state index is 13.1. The minimum absolute atomic E-state index is 0.00166. The Balaban J connectivity index is 1.94. The van der Waals surface area contributed by atoms with Crippen LogP contribution in [0.2, 0.25) is 0 Å². The molecule has 1 unspecified atom stereocenters. The lowest BCUT2D eigenvalue weighted by Gasteiger charge is -2.32. The molecule has 1 saturated carbocycles. The van der Waals surface area contributed by atoms with Crippen LogP contribution in [-0.2, 0) is 6.42 Å². The van der Waals surface area contributed by atoms with Crippen molar-refractivity contribution in [2.75, 3.05) is 0 Å². The second-order valence-corrected chi connectivity index (χ2v) is 5.98. The molecule has 19 heavy (non-hydrogen) atoms. The highest BCUT2D eigenvalue weighted by molar-refractivity contribution is 5.30. The summed E-state index contributed by atoms with van der Waals surface area (Å²) in [5.74, 6) is -2.22. The van der Waals surface area contributed by atoms with Gasteiger partial charge in [0.15, 0.2) is 0 Å². The Labute approximate surface area is 114 Å². The number of aryl methyl sites for hydroxylation is 2. The molecule has 1 atom stereocenters. The van der Waals surface area contributed by atoms with Crippen molar-refractivity contribution in [3.63, 3.8) is 0 Å². The van der Waals surface area contributed by atoms with Gasteiger partial charge in [-0.3, -0.25) is 0 Å². The van der Waals surface area contributed by atoms with Crippen LogP contribution in [0.25, 0.3) is 0 Å². The number of halogens is 2. The summed E-state index contributed by atoms with van der Waals surface area (Å²) in [5.41, 5.74) is 9.96. The van der Waals surface area contributed by atoms with Crippen molar-refractivity contribution >= 4 is 0 Å². The van der Waals surface area contributed by atoms with Crippen molar-refractivity contribution < 1.29 is 8.78 Å². The Morgan fingerprint density at radius 2 is 1.84 bits per heavy atom. The van der Waals surface area contributed by atoms with E-state index in [9.17, 15) is 8.78 Å². The molecular weight excluding hydrogens is 244 g/mol. The summed E-state index contributed by atoms with van der Waals surface area (Å²) in [6.07, 6.45) is 1.89. The molecule has 0 radical (unpaired) electrons. The molecule has 2 rings (SSSR count). The van der Waals surface area contributed by atoms with Gasteiger partial charge in [-0.15, -0.1) is 0 Å². The zero-order valence-electron chi connectivity index (χ0n) is 11.8. The minimum Gasteiger partial charge on any atom is -0.327 e. The molecule has 1 nitrogen and oxygen atoms in total. The van der Waals surface area contributed by atoms with Crippen LogP contribution in [0.4, 0.5) is 8.78 Å². The first-order valence-corrected chi connectivity index (χ1v) is 7.07. The standard InChI is InChI=1S/C16H23F2N/c1-11-3-4-13(9-12(11)2)10-15(19)14-5-7-16(17,18)8-6-14/h3-4,9,14-15H,5-8,10,19H2,1-2H3. The number of alkyl halides is 2. The van der Waals surface area contributed by atoms with E-state index in [2.05, 4.69) is 32.0 Å². The second-order valence-electron chi connectivity index (χ2n) is 5.98.